The zero-order chi connectivity index (χ0) is 13.9. The Morgan fingerprint density at radius 2 is 2.05 bits per heavy atom. The highest BCUT2D eigenvalue weighted by Crippen LogP contribution is 2.27. The summed E-state index contributed by atoms with van der Waals surface area (Å²) in [5, 5.41) is 3.82. The summed E-state index contributed by atoms with van der Waals surface area (Å²) in [5.74, 6) is 0. The summed E-state index contributed by atoms with van der Waals surface area (Å²) in [6.07, 6.45) is 5.91. The Bertz CT molecular complexity index is 310. The molecule has 3 rings (SSSR count). The number of rotatable bonds is 4. The molecule has 3 atom stereocenters. The van der Waals surface area contributed by atoms with Crippen LogP contribution in [0.1, 0.15) is 39.5 Å². The summed E-state index contributed by atoms with van der Waals surface area (Å²) >= 11 is 0. The molecule has 3 heterocycles. The lowest BCUT2D eigenvalue weighted by molar-refractivity contribution is -0.0386. The molecule has 3 fully saturated rings. The van der Waals surface area contributed by atoms with Gasteiger partial charge in [-0.1, -0.05) is 6.42 Å². The van der Waals surface area contributed by atoms with Gasteiger partial charge >= 0.3 is 0 Å². The average Bonchev–Trinajstić information content (AvgIpc) is 2.89. The molecule has 0 amide bonds. The third kappa shape index (κ3) is 3.35. The quantitative estimate of drug-likeness (QED) is 0.841. The first-order valence-electron chi connectivity index (χ1n) is 8.57. The minimum absolute atomic E-state index is 0.379. The molecular weight excluding hydrogens is 250 g/mol. The zero-order valence-corrected chi connectivity index (χ0v) is 13.2. The van der Waals surface area contributed by atoms with Crippen molar-refractivity contribution in [1.29, 1.82) is 0 Å². The number of hydrogen-bond acceptors (Lipinski definition) is 4. The van der Waals surface area contributed by atoms with E-state index in [9.17, 15) is 0 Å². The lowest BCUT2D eigenvalue weighted by Crippen LogP contribution is -2.52. The molecule has 0 aromatic carbocycles. The van der Waals surface area contributed by atoms with E-state index < -0.39 is 0 Å². The van der Waals surface area contributed by atoms with Crippen LogP contribution in [0.2, 0.25) is 0 Å². The Morgan fingerprint density at radius 3 is 2.90 bits per heavy atom. The van der Waals surface area contributed by atoms with Crippen molar-refractivity contribution >= 4 is 0 Å². The van der Waals surface area contributed by atoms with E-state index in [4.69, 9.17) is 4.74 Å². The second-order valence-corrected chi connectivity index (χ2v) is 6.98. The molecule has 0 saturated carbocycles. The molecule has 0 radical (unpaired) electrons. The van der Waals surface area contributed by atoms with E-state index in [1.54, 1.807) is 0 Å². The standard InChI is InChI=1S/C16H31N3O/c1-13(2)19-9-10-20-14(12-19)11-17-15-6-8-18-7-4-3-5-16(15)18/h13-17H,3-12H2,1-2H3. The van der Waals surface area contributed by atoms with Crippen LogP contribution < -0.4 is 5.32 Å². The van der Waals surface area contributed by atoms with Gasteiger partial charge in [0.05, 0.1) is 12.7 Å². The number of ether oxygens (including phenoxy) is 1. The van der Waals surface area contributed by atoms with Crippen molar-refractivity contribution in [2.24, 2.45) is 0 Å². The smallest absolute Gasteiger partial charge is 0.0826 e. The van der Waals surface area contributed by atoms with Gasteiger partial charge < -0.3 is 10.1 Å². The summed E-state index contributed by atoms with van der Waals surface area (Å²) < 4.78 is 5.94. The summed E-state index contributed by atoms with van der Waals surface area (Å²) in [4.78, 5) is 5.24. The molecule has 3 aliphatic rings. The third-order valence-corrected chi connectivity index (χ3v) is 5.36. The van der Waals surface area contributed by atoms with Crippen molar-refractivity contribution < 1.29 is 4.74 Å². The van der Waals surface area contributed by atoms with Gasteiger partial charge in [-0.05, 0) is 39.7 Å². The first kappa shape index (κ1) is 14.8. The maximum atomic E-state index is 5.94. The Kier molecular flexibility index (Phi) is 4.97. The molecule has 0 spiro atoms. The Labute approximate surface area is 123 Å². The van der Waals surface area contributed by atoms with Gasteiger partial charge in [0.2, 0.25) is 0 Å². The van der Waals surface area contributed by atoms with E-state index in [1.807, 2.05) is 0 Å². The van der Waals surface area contributed by atoms with Crippen LogP contribution in [0.15, 0.2) is 0 Å². The van der Waals surface area contributed by atoms with E-state index >= 15 is 0 Å². The Morgan fingerprint density at radius 1 is 1.15 bits per heavy atom. The van der Waals surface area contributed by atoms with Crippen molar-refractivity contribution in [3.63, 3.8) is 0 Å². The lowest BCUT2D eigenvalue weighted by Gasteiger charge is -2.37. The van der Waals surface area contributed by atoms with Crippen LogP contribution in [0.4, 0.5) is 0 Å². The normalized spacial score (nSPS) is 36.5. The summed E-state index contributed by atoms with van der Waals surface area (Å²) in [5.41, 5.74) is 0. The van der Waals surface area contributed by atoms with Crippen LogP contribution in [-0.2, 0) is 4.74 Å². The van der Waals surface area contributed by atoms with Gasteiger partial charge in [0, 0.05) is 44.3 Å². The van der Waals surface area contributed by atoms with E-state index in [1.165, 1.54) is 38.8 Å². The molecule has 0 bridgehead atoms. The fraction of sp³-hybridized carbons (Fsp3) is 1.00. The fourth-order valence-electron chi connectivity index (χ4n) is 4.10. The molecule has 116 valence electrons. The molecule has 4 nitrogen and oxygen atoms in total. The van der Waals surface area contributed by atoms with Gasteiger partial charge in [-0.25, -0.2) is 0 Å². The second-order valence-electron chi connectivity index (χ2n) is 6.98. The SMILES string of the molecule is CC(C)N1CCOC(CNC2CCN3CCCCC23)C1. The number of hydrogen-bond donors (Lipinski definition) is 1. The minimum Gasteiger partial charge on any atom is -0.374 e. The number of morpholine rings is 1. The van der Waals surface area contributed by atoms with Gasteiger partial charge in [-0.3, -0.25) is 9.80 Å². The summed E-state index contributed by atoms with van der Waals surface area (Å²) in [7, 11) is 0. The molecule has 3 saturated heterocycles. The van der Waals surface area contributed by atoms with E-state index in [0.717, 1.165) is 32.3 Å². The van der Waals surface area contributed by atoms with Crippen LogP contribution in [0.5, 0.6) is 0 Å². The van der Waals surface area contributed by atoms with Crippen LogP contribution in [-0.4, -0.2) is 73.4 Å². The topological polar surface area (TPSA) is 27.7 Å². The van der Waals surface area contributed by atoms with Crippen molar-refractivity contribution in [3.05, 3.63) is 0 Å². The maximum Gasteiger partial charge on any atom is 0.0826 e. The molecule has 1 N–H and O–H groups in total. The van der Waals surface area contributed by atoms with Crippen LogP contribution in [0.25, 0.3) is 0 Å². The first-order chi connectivity index (χ1) is 9.74. The number of nitrogens with zero attached hydrogens (tertiary/aromatic N) is 2. The van der Waals surface area contributed by atoms with Crippen molar-refractivity contribution in [2.75, 3.05) is 39.3 Å². The van der Waals surface area contributed by atoms with Gasteiger partial charge in [0.25, 0.3) is 0 Å². The number of piperidine rings is 1. The summed E-state index contributed by atoms with van der Waals surface area (Å²) in [6, 6.07) is 2.14. The highest BCUT2D eigenvalue weighted by Gasteiger charge is 2.35. The minimum atomic E-state index is 0.379. The molecule has 0 aliphatic carbocycles. The highest BCUT2D eigenvalue weighted by atomic mass is 16.5. The van der Waals surface area contributed by atoms with E-state index in [-0.39, 0.29) is 0 Å². The van der Waals surface area contributed by atoms with Crippen molar-refractivity contribution in [3.8, 4) is 0 Å². The molecule has 3 aliphatic heterocycles. The largest absolute Gasteiger partial charge is 0.374 e. The van der Waals surface area contributed by atoms with E-state index in [0.29, 0.717) is 18.2 Å². The van der Waals surface area contributed by atoms with Crippen LogP contribution in [0, 0.1) is 0 Å². The van der Waals surface area contributed by atoms with Gasteiger partial charge in [0.15, 0.2) is 0 Å². The van der Waals surface area contributed by atoms with Crippen molar-refractivity contribution in [1.82, 2.24) is 15.1 Å². The van der Waals surface area contributed by atoms with E-state index in [2.05, 4.69) is 29.0 Å². The number of nitrogens with one attached hydrogen (secondary N) is 1. The second kappa shape index (κ2) is 6.73. The average molecular weight is 281 g/mol. The maximum absolute atomic E-state index is 5.94. The predicted molar refractivity (Wildman–Crippen MR) is 82.1 cm³/mol. The molecule has 3 unspecified atom stereocenters. The third-order valence-electron chi connectivity index (χ3n) is 5.36. The Hall–Kier alpha value is -0.160. The highest BCUT2D eigenvalue weighted by molar-refractivity contribution is 4.94. The molecule has 0 aromatic heterocycles. The fourth-order valence-corrected chi connectivity index (χ4v) is 4.10. The van der Waals surface area contributed by atoms with Gasteiger partial charge in [0.1, 0.15) is 0 Å². The van der Waals surface area contributed by atoms with Crippen LogP contribution in [0.3, 0.4) is 0 Å². The summed E-state index contributed by atoms with van der Waals surface area (Å²) in [6.45, 7) is 11.3. The van der Waals surface area contributed by atoms with Crippen LogP contribution >= 0.6 is 0 Å². The number of fused-ring (bicyclic) bond motifs is 1. The Balaban J connectivity index is 1.45. The zero-order valence-electron chi connectivity index (χ0n) is 13.2. The lowest BCUT2D eigenvalue weighted by atomic mass is 9.99. The van der Waals surface area contributed by atoms with Gasteiger partial charge in [-0.2, -0.15) is 0 Å². The molecule has 0 aromatic rings. The molecule has 20 heavy (non-hydrogen) atoms. The first-order valence-corrected chi connectivity index (χ1v) is 8.57. The monoisotopic (exact) mass is 281 g/mol. The molecular formula is C16H31N3O. The van der Waals surface area contributed by atoms with Gasteiger partial charge in [-0.15, -0.1) is 0 Å². The molecule has 4 heteroatoms. The predicted octanol–water partition coefficient (Wildman–Crippen LogP) is 1.31. The van der Waals surface area contributed by atoms with Crippen molar-refractivity contribution in [2.45, 2.75) is 63.8 Å².